The van der Waals surface area contributed by atoms with E-state index in [2.05, 4.69) is 11.1 Å². The molecule has 8 heteroatoms. The fourth-order valence-electron chi connectivity index (χ4n) is 3.58. The number of benzene rings is 1. The van der Waals surface area contributed by atoms with E-state index >= 15 is 0 Å². The van der Waals surface area contributed by atoms with Crippen LogP contribution >= 0.6 is 11.6 Å². The first kappa shape index (κ1) is 21.6. The minimum Gasteiger partial charge on any atom is -0.460 e. The first-order valence-electron chi connectivity index (χ1n) is 9.30. The summed E-state index contributed by atoms with van der Waals surface area (Å²) in [5.74, 6) is -1.32. The van der Waals surface area contributed by atoms with E-state index < -0.39 is 11.9 Å². The highest BCUT2D eigenvalue weighted by atomic mass is 35.5. The van der Waals surface area contributed by atoms with Crippen LogP contribution < -0.4 is 5.73 Å². The van der Waals surface area contributed by atoms with E-state index in [0.29, 0.717) is 5.56 Å². The second kappa shape index (κ2) is 8.74. The fraction of sp³-hybridized carbons (Fsp3) is 0.318. The van der Waals surface area contributed by atoms with Crippen LogP contribution in [0, 0.1) is 25.2 Å². The lowest BCUT2D eigenvalue weighted by molar-refractivity contribution is -0.140. The zero-order chi connectivity index (χ0) is 22.0. The highest BCUT2D eigenvalue weighted by Crippen LogP contribution is 2.42. The lowest BCUT2D eigenvalue weighted by atomic mass is 9.83. The molecule has 1 atom stereocenters. The van der Waals surface area contributed by atoms with Crippen LogP contribution in [0.4, 0.5) is 0 Å². The summed E-state index contributed by atoms with van der Waals surface area (Å²) in [5.41, 5.74) is 9.48. The number of fused-ring (bicyclic) bond motifs is 1. The molecule has 1 aliphatic rings. The maximum absolute atomic E-state index is 12.9. The summed E-state index contributed by atoms with van der Waals surface area (Å²) in [4.78, 5) is 17.4. The molecule has 0 saturated heterocycles. The summed E-state index contributed by atoms with van der Waals surface area (Å²) in [6.07, 6.45) is 0. The largest absolute Gasteiger partial charge is 0.460 e. The van der Waals surface area contributed by atoms with Gasteiger partial charge in [-0.3, -0.25) is 0 Å². The van der Waals surface area contributed by atoms with Crippen molar-refractivity contribution in [2.45, 2.75) is 26.7 Å². The Morgan fingerprint density at radius 2 is 2.03 bits per heavy atom. The number of ether oxygens (including phenoxy) is 3. The van der Waals surface area contributed by atoms with E-state index in [9.17, 15) is 10.1 Å². The van der Waals surface area contributed by atoms with Crippen molar-refractivity contribution in [3.8, 4) is 6.07 Å². The molecular weight excluding hydrogens is 406 g/mol. The molecule has 156 valence electrons. The van der Waals surface area contributed by atoms with Crippen LogP contribution in [0.2, 0.25) is 5.15 Å². The zero-order valence-electron chi connectivity index (χ0n) is 17.2. The molecule has 30 heavy (non-hydrogen) atoms. The van der Waals surface area contributed by atoms with E-state index in [1.807, 2.05) is 32.0 Å². The summed E-state index contributed by atoms with van der Waals surface area (Å²) in [6.45, 7) is 5.84. The van der Waals surface area contributed by atoms with Crippen LogP contribution in [-0.2, 0) is 19.0 Å². The van der Waals surface area contributed by atoms with Gasteiger partial charge in [-0.25, -0.2) is 9.78 Å². The molecule has 7 nitrogen and oxygen atoms in total. The molecule has 1 aromatic carbocycles. The number of esters is 1. The van der Waals surface area contributed by atoms with Crippen molar-refractivity contribution in [3.05, 3.63) is 62.8 Å². The third-order valence-electron chi connectivity index (χ3n) is 4.92. The number of hydrogen-bond donors (Lipinski definition) is 1. The van der Waals surface area contributed by atoms with Gasteiger partial charge in [0.25, 0.3) is 0 Å². The number of nitrogens with zero attached hydrogens (tertiary/aromatic N) is 2. The number of hydrogen-bond acceptors (Lipinski definition) is 7. The second-order valence-electron chi connectivity index (χ2n) is 7.04. The summed E-state index contributed by atoms with van der Waals surface area (Å²) in [7, 11) is 1.51. The van der Waals surface area contributed by atoms with Crippen molar-refractivity contribution in [2.75, 3.05) is 20.3 Å². The molecule has 0 bridgehead atoms. The third-order valence-corrected chi connectivity index (χ3v) is 5.23. The van der Waals surface area contributed by atoms with Crippen LogP contribution in [-0.4, -0.2) is 31.3 Å². The van der Waals surface area contributed by atoms with Crippen LogP contribution in [0.5, 0.6) is 0 Å². The summed E-state index contributed by atoms with van der Waals surface area (Å²) < 4.78 is 15.7. The Hall–Kier alpha value is -3.08. The smallest absolute Gasteiger partial charge is 0.338 e. The minimum absolute atomic E-state index is 0.0575. The van der Waals surface area contributed by atoms with Gasteiger partial charge in [-0.05, 0) is 44.0 Å². The summed E-state index contributed by atoms with van der Waals surface area (Å²) in [5, 5.41) is 10.8. The Kier molecular flexibility index (Phi) is 6.30. The number of aryl methyl sites for hydroxylation is 2. The number of halogens is 1. The van der Waals surface area contributed by atoms with Gasteiger partial charge in [0.05, 0.1) is 23.6 Å². The fourth-order valence-corrected chi connectivity index (χ4v) is 3.83. The van der Waals surface area contributed by atoms with Crippen molar-refractivity contribution >= 4 is 28.5 Å². The molecule has 2 aromatic rings. The normalized spacial score (nSPS) is 16.5. The summed E-state index contributed by atoms with van der Waals surface area (Å²) in [6, 6.07) is 7.85. The Morgan fingerprint density at radius 1 is 1.30 bits per heavy atom. The average molecular weight is 428 g/mol. The van der Waals surface area contributed by atoms with Gasteiger partial charge in [0.1, 0.15) is 29.2 Å². The van der Waals surface area contributed by atoms with Crippen molar-refractivity contribution in [2.24, 2.45) is 5.73 Å². The van der Waals surface area contributed by atoms with E-state index in [4.69, 9.17) is 31.5 Å². The van der Waals surface area contributed by atoms with Crippen molar-refractivity contribution in [3.63, 3.8) is 0 Å². The molecule has 2 N–H and O–H groups in total. The molecule has 3 rings (SSSR count). The van der Waals surface area contributed by atoms with Gasteiger partial charge in [0, 0.05) is 18.1 Å². The van der Waals surface area contributed by atoms with E-state index in [1.165, 1.54) is 7.11 Å². The maximum Gasteiger partial charge on any atom is 0.338 e. The maximum atomic E-state index is 12.9. The number of nitrogens with two attached hydrogens (primary N) is 1. The number of carbonyl (C=O) groups is 1. The van der Waals surface area contributed by atoms with Gasteiger partial charge in [0.15, 0.2) is 0 Å². The van der Waals surface area contributed by atoms with Gasteiger partial charge in [0.2, 0.25) is 5.88 Å². The zero-order valence-corrected chi connectivity index (χ0v) is 18.0. The predicted octanol–water partition coefficient (Wildman–Crippen LogP) is 3.78. The average Bonchev–Trinajstić information content (AvgIpc) is 2.67. The Labute approximate surface area is 179 Å². The second-order valence-corrected chi connectivity index (χ2v) is 7.40. The monoisotopic (exact) mass is 427 g/mol. The standard InChI is InChI=1S/C22H22ClN3O4/c1-11-7-12(2)14-9-15(20(23)26-17(14)8-11)19-16(10-24)21(25)30-13(3)18(19)22(27)29-6-5-28-4/h7-9,19H,5-6,25H2,1-4H3. The number of pyridine rings is 1. The quantitative estimate of drug-likeness (QED) is 0.439. The third kappa shape index (κ3) is 3.97. The van der Waals surface area contributed by atoms with Gasteiger partial charge < -0.3 is 19.9 Å². The van der Waals surface area contributed by atoms with Gasteiger partial charge >= 0.3 is 5.97 Å². The first-order chi connectivity index (χ1) is 14.3. The predicted molar refractivity (Wildman–Crippen MR) is 112 cm³/mol. The van der Waals surface area contributed by atoms with Gasteiger partial charge in [-0.15, -0.1) is 0 Å². The lowest BCUT2D eigenvalue weighted by Crippen LogP contribution is -2.26. The topological polar surface area (TPSA) is 107 Å². The Balaban J connectivity index is 2.20. The van der Waals surface area contributed by atoms with Crippen LogP contribution in [0.1, 0.15) is 29.5 Å². The van der Waals surface area contributed by atoms with Crippen molar-refractivity contribution < 1.29 is 19.0 Å². The van der Waals surface area contributed by atoms with Crippen LogP contribution in [0.25, 0.3) is 10.9 Å². The number of methoxy groups -OCH3 is 1. The molecule has 0 radical (unpaired) electrons. The van der Waals surface area contributed by atoms with E-state index in [-0.39, 0.29) is 41.2 Å². The Bertz CT molecular complexity index is 1130. The molecule has 0 spiro atoms. The molecule has 0 amide bonds. The first-order valence-corrected chi connectivity index (χ1v) is 9.68. The molecule has 0 saturated carbocycles. The number of nitriles is 1. The summed E-state index contributed by atoms with van der Waals surface area (Å²) >= 11 is 6.54. The molecule has 1 unspecified atom stereocenters. The lowest BCUT2D eigenvalue weighted by Gasteiger charge is -2.27. The van der Waals surface area contributed by atoms with Crippen LogP contribution in [0.15, 0.2) is 41.0 Å². The number of carbonyl (C=O) groups excluding carboxylic acids is 1. The van der Waals surface area contributed by atoms with E-state index in [0.717, 1.165) is 22.0 Å². The SMILES string of the molecule is COCCOC(=O)C1=C(C)OC(N)=C(C#N)C1c1cc2c(C)cc(C)cc2nc1Cl. The highest BCUT2D eigenvalue weighted by molar-refractivity contribution is 6.31. The van der Waals surface area contributed by atoms with Crippen molar-refractivity contribution in [1.82, 2.24) is 4.98 Å². The minimum atomic E-state index is -0.858. The number of rotatable bonds is 5. The Morgan fingerprint density at radius 3 is 2.70 bits per heavy atom. The molecule has 0 fully saturated rings. The van der Waals surface area contributed by atoms with Crippen molar-refractivity contribution in [1.29, 1.82) is 5.26 Å². The van der Waals surface area contributed by atoms with E-state index in [1.54, 1.807) is 6.92 Å². The number of allylic oxidation sites excluding steroid dienone is 2. The molecule has 1 aromatic heterocycles. The molecule has 0 aliphatic carbocycles. The molecular formula is C22H22ClN3O4. The van der Waals surface area contributed by atoms with Gasteiger partial charge in [-0.2, -0.15) is 5.26 Å². The van der Waals surface area contributed by atoms with Gasteiger partial charge in [-0.1, -0.05) is 17.7 Å². The number of aromatic nitrogens is 1. The van der Waals surface area contributed by atoms with Crippen LogP contribution in [0.3, 0.4) is 0 Å². The molecule has 2 heterocycles. The molecule has 1 aliphatic heterocycles. The highest BCUT2D eigenvalue weighted by Gasteiger charge is 2.38.